The summed E-state index contributed by atoms with van der Waals surface area (Å²) in [5, 5.41) is 23.5. The van der Waals surface area contributed by atoms with Crippen molar-refractivity contribution in [2.24, 2.45) is 0 Å². The molecule has 0 aromatic carbocycles. The van der Waals surface area contributed by atoms with Crippen LogP contribution in [-0.4, -0.2) is 50.8 Å². The van der Waals surface area contributed by atoms with Crippen molar-refractivity contribution < 1.29 is 9.90 Å². The van der Waals surface area contributed by atoms with Crippen molar-refractivity contribution in [2.45, 2.75) is 31.4 Å². The van der Waals surface area contributed by atoms with Crippen LogP contribution in [0.1, 0.15) is 18.7 Å². The molecule has 2 aromatic rings. The maximum Gasteiger partial charge on any atom is 0.237 e. The Bertz CT molecular complexity index is 627. The number of β-amino-alcohol motifs (C(OH)–C–C–N with tert-alkyl or cyclic N) is 1. The SMILES string of the molecule is O=C(NCCCc1nnc2ccccn12)[C@@H]1C[C@@H](O)CN1. The predicted molar refractivity (Wildman–Crippen MR) is 76.7 cm³/mol. The number of aromatic nitrogens is 3. The Kier molecular flexibility index (Phi) is 4.12. The molecule has 1 saturated heterocycles. The maximum absolute atomic E-state index is 11.8. The largest absolute Gasteiger partial charge is 0.392 e. The quantitative estimate of drug-likeness (QED) is 0.646. The molecule has 0 radical (unpaired) electrons. The number of carbonyl (C=O) groups excluding carboxylic acids is 1. The summed E-state index contributed by atoms with van der Waals surface area (Å²) in [5.74, 6) is 0.854. The van der Waals surface area contributed by atoms with Gasteiger partial charge in [-0.05, 0) is 25.0 Å². The minimum absolute atomic E-state index is 0.0438. The third-order valence-electron chi connectivity index (χ3n) is 3.68. The third-order valence-corrected chi connectivity index (χ3v) is 3.68. The highest BCUT2D eigenvalue weighted by molar-refractivity contribution is 5.82. The van der Waals surface area contributed by atoms with Gasteiger partial charge in [0.2, 0.25) is 5.91 Å². The molecule has 3 rings (SSSR count). The Labute approximate surface area is 122 Å². The molecule has 0 unspecified atom stereocenters. The van der Waals surface area contributed by atoms with E-state index in [1.165, 1.54) is 0 Å². The van der Waals surface area contributed by atoms with Gasteiger partial charge in [0.25, 0.3) is 0 Å². The van der Waals surface area contributed by atoms with Crippen LogP contribution in [0.4, 0.5) is 0 Å². The number of aryl methyl sites for hydroxylation is 1. The number of hydrogen-bond acceptors (Lipinski definition) is 5. The zero-order chi connectivity index (χ0) is 14.7. The molecular formula is C14H19N5O2. The topological polar surface area (TPSA) is 91.6 Å². The molecule has 7 heteroatoms. The van der Waals surface area contributed by atoms with Gasteiger partial charge in [-0.15, -0.1) is 10.2 Å². The first kappa shape index (κ1) is 14.0. The van der Waals surface area contributed by atoms with Crippen molar-refractivity contribution in [3.05, 3.63) is 30.2 Å². The summed E-state index contributed by atoms with van der Waals surface area (Å²) >= 11 is 0. The number of hydrogen-bond donors (Lipinski definition) is 3. The van der Waals surface area contributed by atoms with E-state index in [-0.39, 0.29) is 11.9 Å². The minimum Gasteiger partial charge on any atom is -0.392 e. The molecule has 3 heterocycles. The molecule has 3 N–H and O–H groups in total. The summed E-state index contributed by atoms with van der Waals surface area (Å²) in [4.78, 5) is 11.8. The van der Waals surface area contributed by atoms with E-state index < -0.39 is 6.10 Å². The summed E-state index contributed by atoms with van der Waals surface area (Å²) in [5.41, 5.74) is 0.834. The normalized spacial score (nSPS) is 21.8. The van der Waals surface area contributed by atoms with Crippen molar-refractivity contribution in [2.75, 3.05) is 13.1 Å². The number of amides is 1. The van der Waals surface area contributed by atoms with E-state index in [1.54, 1.807) is 0 Å². The van der Waals surface area contributed by atoms with Gasteiger partial charge in [0, 0.05) is 25.7 Å². The van der Waals surface area contributed by atoms with E-state index in [0.29, 0.717) is 19.5 Å². The molecule has 0 aliphatic carbocycles. The van der Waals surface area contributed by atoms with Crippen LogP contribution < -0.4 is 10.6 Å². The van der Waals surface area contributed by atoms with Crippen molar-refractivity contribution in [3.8, 4) is 0 Å². The smallest absolute Gasteiger partial charge is 0.237 e. The molecule has 2 atom stereocenters. The fraction of sp³-hybridized carbons (Fsp3) is 0.500. The van der Waals surface area contributed by atoms with Crippen LogP contribution in [0.2, 0.25) is 0 Å². The first-order chi connectivity index (χ1) is 10.2. The fourth-order valence-corrected chi connectivity index (χ4v) is 2.56. The standard InChI is InChI=1S/C14H19N5O2/c20-10-8-11(16-9-10)14(21)15-6-3-5-13-18-17-12-4-1-2-7-19(12)13/h1-2,4,7,10-11,16,20H,3,5-6,8-9H2,(H,15,21)/t10-,11+/m1/s1. The summed E-state index contributed by atoms with van der Waals surface area (Å²) in [6.07, 6.45) is 3.57. The second-order valence-corrected chi connectivity index (χ2v) is 5.29. The molecule has 0 saturated carbocycles. The molecule has 2 aromatic heterocycles. The Morgan fingerprint density at radius 1 is 1.48 bits per heavy atom. The molecule has 1 amide bonds. The Hall–Kier alpha value is -1.99. The monoisotopic (exact) mass is 289 g/mol. The summed E-state index contributed by atoms with van der Waals surface area (Å²) < 4.78 is 1.96. The number of rotatable bonds is 5. The number of pyridine rings is 1. The van der Waals surface area contributed by atoms with Crippen LogP contribution >= 0.6 is 0 Å². The van der Waals surface area contributed by atoms with Crippen molar-refractivity contribution in [1.29, 1.82) is 0 Å². The lowest BCUT2D eigenvalue weighted by Crippen LogP contribution is -2.40. The van der Waals surface area contributed by atoms with Crippen LogP contribution in [-0.2, 0) is 11.2 Å². The van der Waals surface area contributed by atoms with Gasteiger partial charge in [-0.3, -0.25) is 9.20 Å². The fourth-order valence-electron chi connectivity index (χ4n) is 2.56. The minimum atomic E-state index is -0.414. The molecule has 0 bridgehead atoms. The molecule has 1 aliphatic rings. The first-order valence-corrected chi connectivity index (χ1v) is 7.22. The number of aliphatic hydroxyl groups is 1. The number of nitrogens with zero attached hydrogens (tertiary/aromatic N) is 3. The van der Waals surface area contributed by atoms with Crippen LogP contribution in [0.15, 0.2) is 24.4 Å². The van der Waals surface area contributed by atoms with E-state index in [1.807, 2.05) is 28.8 Å². The second kappa shape index (κ2) is 6.19. The second-order valence-electron chi connectivity index (χ2n) is 5.29. The van der Waals surface area contributed by atoms with Crippen LogP contribution in [0.25, 0.3) is 5.65 Å². The van der Waals surface area contributed by atoms with Crippen LogP contribution in [0, 0.1) is 0 Å². The molecule has 7 nitrogen and oxygen atoms in total. The van der Waals surface area contributed by atoms with E-state index in [0.717, 1.165) is 24.3 Å². The lowest BCUT2D eigenvalue weighted by atomic mass is 10.2. The van der Waals surface area contributed by atoms with E-state index >= 15 is 0 Å². The highest BCUT2D eigenvalue weighted by Gasteiger charge is 2.27. The van der Waals surface area contributed by atoms with Gasteiger partial charge in [-0.1, -0.05) is 6.07 Å². The lowest BCUT2D eigenvalue weighted by Gasteiger charge is -2.10. The van der Waals surface area contributed by atoms with E-state index in [9.17, 15) is 9.90 Å². The van der Waals surface area contributed by atoms with Gasteiger partial charge in [-0.2, -0.15) is 0 Å². The predicted octanol–water partition coefficient (Wildman–Crippen LogP) is -0.499. The maximum atomic E-state index is 11.8. The van der Waals surface area contributed by atoms with Crippen molar-refractivity contribution >= 4 is 11.6 Å². The van der Waals surface area contributed by atoms with Gasteiger partial charge in [0.15, 0.2) is 5.65 Å². The van der Waals surface area contributed by atoms with Gasteiger partial charge >= 0.3 is 0 Å². The molecule has 112 valence electrons. The summed E-state index contributed by atoms with van der Waals surface area (Å²) in [7, 11) is 0. The highest BCUT2D eigenvalue weighted by Crippen LogP contribution is 2.07. The molecular weight excluding hydrogens is 270 g/mol. The Morgan fingerprint density at radius 3 is 3.19 bits per heavy atom. The molecule has 1 fully saturated rings. The zero-order valence-corrected chi connectivity index (χ0v) is 11.7. The lowest BCUT2D eigenvalue weighted by molar-refractivity contribution is -0.122. The number of fused-ring (bicyclic) bond motifs is 1. The average Bonchev–Trinajstić information content (AvgIpc) is 3.10. The average molecular weight is 289 g/mol. The first-order valence-electron chi connectivity index (χ1n) is 7.22. The van der Waals surface area contributed by atoms with Crippen LogP contribution in [0.5, 0.6) is 0 Å². The molecule has 1 aliphatic heterocycles. The van der Waals surface area contributed by atoms with Gasteiger partial charge in [0.1, 0.15) is 5.82 Å². The number of aliphatic hydroxyl groups excluding tert-OH is 1. The van der Waals surface area contributed by atoms with E-state index in [4.69, 9.17) is 0 Å². The van der Waals surface area contributed by atoms with Crippen LogP contribution in [0.3, 0.4) is 0 Å². The highest BCUT2D eigenvalue weighted by atomic mass is 16.3. The molecule has 0 spiro atoms. The number of nitrogens with one attached hydrogen (secondary N) is 2. The number of carbonyl (C=O) groups is 1. The summed E-state index contributed by atoms with van der Waals surface area (Å²) in [6.45, 7) is 1.08. The molecule has 21 heavy (non-hydrogen) atoms. The Balaban J connectivity index is 1.45. The van der Waals surface area contributed by atoms with Crippen molar-refractivity contribution in [3.63, 3.8) is 0 Å². The summed E-state index contributed by atoms with van der Waals surface area (Å²) in [6, 6.07) is 5.51. The van der Waals surface area contributed by atoms with Gasteiger partial charge in [0.05, 0.1) is 12.1 Å². The van der Waals surface area contributed by atoms with E-state index in [2.05, 4.69) is 20.8 Å². The van der Waals surface area contributed by atoms with Gasteiger partial charge in [-0.25, -0.2) is 0 Å². The Morgan fingerprint density at radius 2 is 2.38 bits per heavy atom. The van der Waals surface area contributed by atoms with Crippen molar-refractivity contribution in [1.82, 2.24) is 25.2 Å². The zero-order valence-electron chi connectivity index (χ0n) is 11.7. The third kappa shape index (κ3) is 3.20. The van der Waals surface area contributed by atoms with Gasteiger partial charge < -0.3 is 15.7 Å².